The van der Waals surface area contributed by atoms with E-state index in [-0.39, 0.29) is 0 Å². The maximum absolute atomic E-state index is 5.35. The molecule has 3 aromatic rings. The summed E-state index contributed by atoms with van der Waals surface area (Å²) in [4.78, 5) is 8.64. The number of hydrogen-bond acceptors (Lipinski definition) is 5. The highest BCUT2D eigenvalue weighted by molar-refractivity contribution is 5.68. The van der Waals surface area contributed by atoms with Gasteiger partial charge in [-0.1, -0.05) is 18.2 Å². The van der Waals surface area contributed by atoms with Crippen LogP contribution < -0.4 is 15.4 Å². The minimum atomic E-state index is 0.723. The second kappa shape index (κ2) is 6.79. The summed E-state index contributed by atoms with van der Waals surface area (Å²) in [5, 5.41) is 6.53. The van der Waals surface area contributed by atoms with E-state index in [4.69, 9.17) is 4.74 Å². The Labute approximate surface area is 135 Å². The van der Waals surface area contributed by atoms with Gasteiger partial charge in [0.05, 0.1) is 12.8 Å². The Morgan fingerprint density at radius 3 is 2.57 bits per heavy atom. The molecule has 0 aliphatic carbocycles. The van der Waals surface area contributed by atoms with E-state index in [0.29, 0.717) is 0 Å². The molecule has 0 atom stereocenters. The van der Waals surface area contributed by atoms with Gasteiger partial charge in [-0.15, -0.1) is 0 Å². The number of hydrogen-bond donors (Lipinski definition) is 2. The van der Waals surface area contributed by atoms with Gasteiger partial charge in [0.2, 0.25) is 0 Å². The molecular weight excluding hydrogens is 288 g/mol. The highest BCUT2D eigenvalue weighted by Crippen LogP contribution is 2.27. The van der Waals surface area contributed by atoms with Crippen LogP contribution in [0.25, 0.3) is 0 Å². The van der Waals surface area contributed by atoms with Crippen LogP contribution in [0.5, 0.6) is 5.75 Å². The molecule has 2 heterocycles. The molecule has 0 aliphatic heterocycles. The van der Waals surface area contributed by atoms with Gasteiger partial charge in [0, 0.05) is 24.1 Å². The van der Waals surface area contributed by atoms with Crippen molar-refractivity contribution < 1.29 is 4.74 Å². The zero-order valence-corrected chi connectivity index (χ0v) is 13.1. The van der Waals surface area contributed by atoms with Crippen molar-refractivity contribution in [2.24, 2.45) is 0 Å². The van der Waals surface area contributed by atoms with Crippen molar-refractivity contribution >= 4 is 23.0 Å². The number of methoxy groups -OCH3 is 1. The fourth-order valence-electron chi connectivity index (χ4n) is 2.15. The molecule has 3 rings (SSSR count). The Morgan fingerprint density at radius 2 is 1.78 bits per heavy atom. The highest BCUT2D eigenvalue weighted by Gasteiger charge is 2.03. The molecule has 0 fully saturated rings. The van der Waals surface area contributed by atoms with E-state index in [9.17, 15) is 0 Å². The quantitative estimate of drug-likeness (QED) is 0.736. The van der Waals surface area contributed by atoms with Crippen molar-refractivity contribution in [1.29, 1.82) is 0 Å². The molecule has 0 unspecified atom stereocenters. The standard InChI is InChI=1S/C18H18N4O/c1-13-7-8-17(20-12-13)22-18-11-14(9-10-19-18)21-15-5-3-4-6-16(15)23-2/h3-12H,1-2H3,(H2,19,20,21,22). The number of aromatic nitrogens is 2. The normalized spacial score (nSPS) is 10.2. The third-order valence-electron chi connectivity index (χ3n) is 3.31. The lowest BCUT2D eigenvalue weighted by Crippen LogP contribution is -1.98. The third-order valence-corrected chi connectivity index (χ3v) is 3.31. The molecule has 0 saturated carbocycles. The van der Waals surface area contributed by atoms with E-state index in [1.807, 2.05) is 61.7 Å². The Morgan fingerprint density at radius 1 is 0.913 bits per heavy atom. The smallest absolute Gasteiger partial charge is 0.142 e. The number of nitrogens with zero attached hydrogens (tertiary/aromatic N) is 2. The molecule has 5 nitrogen and oxygen atoms in total. The summed E-state index contributed by atoms with van der Waals surface area (Å²) in [7, 11) is 1.66. The number of nitrogens with one attached hydrogen (secondary N) is 2. The maximum atomic E-state index is 5.35. The zero-order valence-electron chi connectivity index (χ0n) is 13.1. The van der Waals surface area contributed by atoms with Gasteiger partial charge < -0.3 is 15.4 Å². The van der Waals surface area contributed by atoms with Crippen molar-refractivity contribution in [2.75, 3.05) is 17.7 Å². The first-order valence-electron chi connectivity index (χ1n) is 7.30. The van der Waals surface area contributed by atoms with Gasteiger partial charge in [-0.05, 0) is 36.8 Å². The maximum Gasteiger partial charge on any atom is 0.142 e. The molecule has 0 amide bonds. The minimum absolute atomic E-state index is 0.723. The zero-order chi connectivity index (χ0) is 16.1. The first-order valence-corrected chi connectivity index (χ1v) is 7.30. The van der Waals surface area contributed by atoms with Crippen molar-refractivity contribution in [3.8, 4) is 5.75 Å². The van der Waals surface area contributed by atoms with Crippen LogP contribution >= 0.6 is 0 Å². The van der Waals surface area contributed by atoms with Crippen LogP contribution in [0.4, 0.5) is 23.0 Å². The van der Waals surface area contributed by atoms with Crippen LogP contribution in [0.15, 0.2) is 60.9 Å². The van der Waals surface area contributed by atoms with Crippen LogP contribution in [-0.2, 0) is 0 Å². The third kappa shape index (κ3) is 3.77. The number of rotatable bonds is 5. The second-order valence-corrected chi connectivity index (χ2v) is 5.10. The lowest BCUT2D eigenvalue weighted by atomic mass is 10.2. The van der Waals surface area contributed by atoms with Gasteiger partial charge in [0.15, 0.2) is 0 Å². The van der Waals surface area contributed by atoms with Gasteiger partial charge >= 0.3 is 0 Å². The van der Waals surface area contributed by atoms with E-state index in [2.05, 4.69) is 20.6 Å². The molecule has 0 spiro atoms. The van der Waals surface area contributed by atoms with Gasteiger partial charge in [0.25, 0.3) is 0 Å². The molecule has 0 bridgehead atoms. The first kappa shape index (κ1) is 14.8. The summed E-state index contributed by atoms with van der Waals surface area (Å²) in [6, 6.07) is 15.5. The average molecular weight is 306 g/mol. The number of anilines is 4. The second-order valence-electron chi connectivity index (χ2n) is 5.10. The molecule has 2 aromatic heterocycles. The van der Waals surface area contributed by atoms with E-state index in [0.717, 1.165) is 34.3 Å². The number of benzene rings is 1. The Kier molecular flexibility index (Phi) is 4.38. The van der Waals surface area contributed by atoms with Gasteiger partial charge in [0.1, 0.15) is 17.4 Å². The summed E-state index contributed by atoms with van der Waals surface area (Å²) in [6.45, 7) is 2.01. The van der Waals surface area contributed by atoms with E-state index >= 15 is 0 Å². The van der Waals surface area contributed by atoms with E-state index in [1.54, 1.807) is 13.3 Å². The Balaban J connectivity index is 1.78. The minimum Gasteiger partial charge on any atom is -0.495 e. The fraction of sp³-hybridized carbons (Fsp3) is 0.111. The molecular formula is C18H18N4O. The summed E-state index contributed by atoms with van der Waals surface area (Å²) in [5.41, 5.74) is 2.94. The van der Waals surface area contributed by atoms with Crippen LogP contribution in [0, 0.1) is 6.92 Å². The molecule has 1 aromatic carbocycles. The molecule has 116 valence electrons. The van der Waals surface area contributed by atoms with Crippen LogP contribution in [0.2, 0.25) is 0 Å². The highest BCUT2D eigenvalue weighted by atomic mass is 16.5. The Bertz CT molecular complexity index is 787. The number of pyridine rings is 2. The number of para-hydroxylation sites is 2. The topological polar surface area (TPSA) is 59.1 Å². The van der Waals surface area contributed by atoms with Crippen molar-refractivity contribution in [3.63, 3.8) is 0 Å². The SMILES string of the molecule is COc1ccccc1Nc1ccnc(Nc2ccc(C)cn2)c1. The van der Waals surface area contributed by atoms with Crippen LogP contribution in [-0.4, -0.2) is 17.1 Å². The summed E-state index contributed by atoms with van der Waals surface area (Å²) < 4.78 is 5.35. The van der Waals surface area contributed by atoms with Crippen LogP contribution in [0.1, 0.15) is 5.56 Å². The largest absolute Gasteiger partial charge is 0.495 e. The predicted molar refractivity (Wildman–Crippen MR) is 92.8 cm³/mol. The lowest BCUT2D eigenvalue weighted by Gasteiger charge is -2.12. The van der Waals surface area contributed by atoms with Gasteiger partial charge in [-0.3, -0.25) is 0 Å². The van der Waals surface area contributed by atoms with E-state index in [1.165, 1.54) is 0 Å². The summed E-state index contributed by atoms with van der Waals surface area (Å²) >= 11 is 0. The average Bonchev–Trinajstić information content (AvgIpc) is 2.58. The lowest BCUT2D eigenvalue weighted by molar-refractivity contribution is 0.417. The van der Waals surface area contributed by atoms with Crippen molar-refractivity contribution in [1.82, 2.24) is 9.97 Å². The van der Waals surface area contributed by atoms with Gasteiger partial charge in [-0.2, -0.15) is 0 Å². The molecule has 0 aliphatic rings. The summed E-state index contributed by atoms with van der Waals surface area (Å²) in [6.07, 6.45) is 3.56. The molecule has 0 saturated heterocycles. The van der Waals surface area contributed by atoms with Crippen LogP contribution in [0.3, 0.4) is 0 Å². The predicted octanol–water partition coefficient (Wildman–Crippen LogP) is 4.28. The van der Waals surface area contributed by atoms with E-state index < -0.39 is 0 Å². The monoisotopic (exact) mass is 306 g/mol. The molecule has 2 N–H and O–H groups in total. The molecule has 5 heteroatoms. The Hall–Kier alpha value is -3.08. The fourth-order valence-corrected chi connectivity index (χ4v) is 2.15. The van der Waals surface area contributed by atoms with Crippen molar-refractivity contribution in [2.45, 2.75) is 6.92 Å². The molecule has 23 heavy (non-hydrogen) atoms. The first-order chi connectivity index (χ1) is 11.2. The molecule has 0 radical (unpaired) electrons. The summed E-state index contributed by atoms with van der Waals surface area (Å²) in [5.74, 6) is 2.28. The van der Waals surface area contributed by atoms with Gasteiger partial charge in [-0.25, -0.2) is 9.97 Å². The van der Waals surface area contributed by atoms with Crippen molar-refractivity contribution in [3.05, 3.63) is 66.5 Å². The number of ether oxygens (including phenoxy) is 1. The number of aryl methyl sites for hydroxylation is 1.